The van der Waals surface area contributed by atoms with Crippen LogP contribution in [0, 0.1) is 0 Å². The molecular weight excluding hydrogens is 470 g/mol. The van der Waals surface area contributed by atoms with Crippen molar-refractivity contribution in [1.82, 2.24) is 0 Å². The molecule has 1 aliphatic carbocycles. The van der Waals surface area contributed by atoms with Crippen molar-refractivity contribution in [3.05, 3.63) is 100 Å². The Bertz CT molecular complexity index is 1470. The lowest BCUT2D eigenvalue weighted by atomic mass is 9.84. The zero-order chi connectivity index (χ0) is 25.3. The van der Waals surface area contributed by atoms with Crippen LogP contribution in [0.2, 0.25) is 0 Å². The number of hydrogen-bond acceptors (Lipinski definition) is 7. The Kier molecular flexibility index (Phi) is 6.36. The van der Waals surface area contributed by atoms with Crippen molar-refractivity contribution in [2.75, 3.05) is 11.6 Å². The summed E-state index contributed by atoms with van der Waals surface area (Å²) in [6, 6.07) is 16.8. The molecule has 0 aromatic heterocycles. The van der Waals surface area contributed by atoms with Crippen LogP contribution in [0.3, 0.4) is 0 Å². The third-order valence-corrected chi connectivity index (χ3v) is 6.32. The largest absolute Gasteiger partial charge is 0.449 e. The lowest BCUT2D eigenvalue weighted by molar-refractivity contribution is -0.123. The summed E-state index contributed by atoms with van der Waals surface area (Å²) in [6.07, 6.45) is -0.0442. The molecule has 9 heteroatoms. The van der Waals surface area contributed by atoms with Crippen molar-refractivity contribution in [1.29, 1.82) is 0 Å². The molecule has 0 spiro atoms. The number of anilines is 1. The number of carbonyl (C=O) groups excluding carboxylic acids is 4. The highest BCUT2D eigenvalue weighted by Crippen LogP contribution is 2.29. The number of rotatable bonds is 6. The van der Waals surface area contributed by atoms with Gasteiger partial charge in [-0.2, -0.15) is 0 Å². The van der Waals surface area contributed by atoms with Gasteiger partial charge in [0.15, 0.2) is 27.5 Å². The maximum Gasteiger partial charge on any atom is 0.338 e. The summed E-state index contributed by atoms with van der Waals surface area (Å²) in [5.74, 6) is -2.10. The van der Waals surface area contributed by atoms with Gasteiger partial charge < -0.3 is 10.1 Å². The minimum atomic E-state index is -3.21. The fourth-order valence-electron chi connectivity index (χ4n) is 3.74. The predicted octanol–water partition coefficient (Wildman–Crippen LogP) is 3.19. The van der Waals surface area contributed by atoms with Crippen molar-refractivity contribution in [2.45, 2.75) is 18.8 Å². The smallest absolute Gasteiger partial charge is 0.338 e. The molecule has 178 valence electrons. The van der Waals surface area contributed by atoms with Gasteiger partial charge in [0.05, 0.1) is 11.3 Å². The molecule has 1 N–H and O–H groups in total. The number of benzene rings is 3. The molecule has 1 unspecified atom stereocenters. The van der Waals surface area contributed by atoms with Crippen LogP contribution >= 0.6 is 0 Å². The third kappa shape index (κ3) is 5.20. The molecule has 1 aliphatic rings. The molecule has 4 rings (SSSR count). The first-order valence-corrected chi connectivity index (χ1v) is 12.7. The van der Waals surface area contributed by atoms with Gasteiger partial charge in [0.25, 0.3) is 5.91 Å². The molecule has 1 amide bonds. The molecular formula is C26H21NO7S. The second-order valence-corrected chi connectivity index (χ2v) is 10.4. The van der Waals surface area contributed by atoms with E-state index in [1.54, 1.807) is 24.3 Å². The van der Waals surface area contributed by atoms with E-state index in [9.17, 15) is 27.6 Å². The molecule has 0 saturated carbocycles. The quantitative estimate of drug-likeness (QED) is 0.411. The average Bonchev–Trinajstić information content (AvgIpc) is 2.82. The van der Waals surface area contributed by atoms with Gasteiger partial charge >= 0.3 is 5.97 Å². The third-order valence-electron chi connectivity index (χ3n) is 5.46. The van der Waals surface area contributed by atoms with Gasteiger partial charge in [0, 0.05) is 34.2 Å². The molecule has 1 atom stereocenters. The number of ether oxygens (including phenoxy) is 1. The van der Waals surface area contributed by atoms with E-state index >= 15 is 0 Å². The van der Waals surface area contributed by atoms with Crippen LogP contribution in [-0.2, 0) is 25.1 Å². The standard InChI is InChI=1S/C26H21NO7S/c1-15(34-26(31)17-9-7-16(8-10-17)14-35(2,32)33)25(30)27-18-11-12-21-22(13-18)24(29)20-6-4-3-5-19(20)23(21)28/h3-13,15H,14H2,1-2H3,(H,27,30). The van der Waals surface area contributed by atoms with Gasteiger partial charge in [-0.15, -0.1) is 0 Å². The van der Waals surface area contributed by atoms with E-state index in [-0.39, 0.29) is 39.7 Å². The van der Waals surface area contributed by atoms with Gasteiger partial charge in [-0.05, 0) is 42.8 Å². The summed E-state index contributed by atoms with van der Waals surface area (Å²) in [7, 11) is -3.21. The monoisotopic (exact) mass is 491 g/mol. The SMILES string of the molecule is CC(OC(=O)c1ccc(CS(C)(=O)=O)cc1)C(=O)Nc1ccc2c(c1)C(=O)c1ccccc1C2=O. The lowest BCUT2D eigenvalue weighted by Gasteiger charge is -2.19. The van der Waals surface area contributed by atoms with E-state index in [2.05, 4.69) is 5.32 Å². The average molecular weight is 492 g/mol. The molecule has 35 heavy (non-hydrogen) atoms. The highest BCUT2D eigenvalue weighted by molar-refractivity contribution is 7.89. The number of carbonyl (C=O) groups is 4. The van der Waals surface area contributed by atoms with E-state index in [4.69, 9.17) is 4.74 Å². The molecule has 3 aromatic carbocycles. The second-order valence-electron chi connectivity index (χ2n) is 8.27. The van der Waals surface area contributed by atoms with Crippen LogP contribution in [0.4, 0.5) is 5.69 Å². The van der Waals surface area contributed by atoms with Crippen LogP contribution in [-0.4, -0.2) is 44.2 Å². The zero-order valence-electron chi connectivity index (χ0n) is 18.9. The van der Waals surface area contributed by atoms with Crippen LogP contribution < -0.4 is 5.32 Å². The Morgan fingerprint density at radius 1 is 0.857 bits per heavy atom. The van der Waals surface area contributed by atoms with Crippen molar-refractivity contribution in [3.8, 4) is 0 Å². The van der Waals surface area contributed by atoms with Gasteiger partial charge in [-0.25, -0.2) is 13.2 Å². The number of ketones is 2. The highest BCUT2D eigenvalue weighted by atomic mass is 32.2. The first-order valence-electron chi connectivity index (χ1n) is 10.6. The molecule has 0 heterocycles. The maximum atomic E-state index is 12.9. The van der Waals surface area contributed by atoms with Crippen LogP contribution in [0.15, 0.2) is 66.7 Å². The molecule has 0 aliphatic heterocycles. The Hall–Kier alpha value is -4.11. The van der Waals surface area contributed by atoms with E-state index in [1.807, 2.05) is 0 Å². The highest BCUT2D eigenvalue weighted by Gasteiger charge is 2.29. The van der Waals surface area contributed by atoms with Crippen molar-refractivity contribution < 1.29 is 32.3 Å². The first-order chi connectivity index (χ1) is 16.5. The minimum absolute atomic E-state index is 0.151. The summed E-state index contributed by atoms with van der Waals surface area (Å²) in [5, 5.41) is 2.60. The molecule has 0 fully saturated rings. The number of amides is 1. The summed E-state index contributed by atoms with van der Waals surface area (Å²) in [6.45, 7) is 1.40. The van der Waals surface area contributed by atoms with Crippen molar-refractivity contribution in [2.24, 2.45) is 0 Å². The van der Waals surface area contributed by atoms with E-state index in [0.717, 1.165) is 6.26 Å². The normalized spacial score (nSPS) is 13.4. The number of sulfone groups is 1. The molecule has 0 bridgehead atoms. The molecule has 0 radical (unpaired) electrons. The summed E-state index contributed by atoms with van der Waals surface area (Å²) in [5.41, 5.74) is 2.06. The Morgan fingerprint density at radius 3 is 2.03 bits per heavy atom. The Morgan fingerprint density at radius 2 is 1.43 bits per heavy atom. The Balaban J connectivity index is 1.43. The topological polar surface area (TPSA) is 124 Å². The van der Waals surface area contributed by atoms with E-state index in [0.29, 0.717) is 16.7 Å². The molecule has 0 saturated heterocycles. The van der Waals surface area contributed by atoms with Crippen molar-refractivity contribution >= 4 is 39.0 Å². The first kappa shape index (κ1) is 24.0. The van der Waals surface area contributed by atoms with E-state index < -0.39 is 27.8 Å². The van der Waals surface area contributed by atoms with E-state index in [1.165, 1.54) is 49.4 Å². The summed E-state index contributed by atoms with van der Waals surface area (Å²) in [4.78, 5) is 50.6. The summed E-state index contributed by atoms with van der Waals surface area (Å²) < 4.78 is 28.0. The van der Waals surface area contributed by atoms with Crippen molar-refractivity contribution in [3.63, 3.8) is 0 Å². The number of fused-ring (bicyclic) bond motifs is 2. The fourth-order valence-corrected chi connectivity index (χ4v) is 4.54. The molecule has 8 nitrogen and oxygen atoms in total. The number of nitrogens with one attached hydrogen (secondary N) is 1. The van der Waals surface area contributed by atoms with Crippen LogP contribution in [0.1, 0.15) is 54.7 Å². The van der Waals surface area contributed by atoms with Gasteiger partial charge in [-0.1, -0.05) is 36.4 Å². The number of hydrogen-bond donors (Lipinski definition) is 1. The summed E-state index contributed by atoms with van der Waals surface area (Å²) >= 11 is 0. The zero-order valence-corrected chi connectivity index (χ0v) is 19.7. The maximum absolute atomic E-state index is 12.9. The van der Waals surface area contributed by atoms with Gasteiger partial charge in [0.1, 0.15) is 0 Å². The van der Waals surface area contributed by atoms with Crippen LogP contribution in [0.25, 0.3) is 0 Å². The fraction of sp³-hybridized carbons (Fsp3) is 0.154. The Labute approximate surface area is 201 Å². The number of esters is 1. The predicted molar refractivity (Wildman–Crippen MR) is 128 cm³/mol. The van der Waals surface area contributed by atoms with Crippen LogP contribution in [0.5, 0.6) is 0 Å². The van der Waals surface area contributed by atoms with Gasteiger partial charge in [0.2, 0.25) is 0 Å². The second kappa shape index (κ2) is 9.27. The molecule has 3 aromatic rings. The lowest BCUT2D eigenvalue weighted by Crippen LogP contribution is -2.30. The minimum Gasteiger partial charge on any atom is -0.449 e. The van der Waals surface area contributed by atoms with Gasteiger partial charge in [-0.3, -0.25) is 14.4 Å².